The van der Waals surface area contributed by atoms with Gasteiger partial charge < -0.3 is 14.8 Å². The molecule has 4 nitrogen and oxygen atoms in total. The molecule has 84 valence electrons. The Hall–Kier alpha value is -1.49. The maximum absolute atomic E-state index is 11.2. The molecule has 0 unspecified atom stereocenters. The van der Waals surface area contributed by atoms with Gasteiger partial charge in [-0.05, 0) is 12.1 Å². The third-order valence-electron chi connectivity index (χ3n) is 2.00. The second-order valence-electron chi connectivity index (χ2n) is 3.27. The lowest BCUT2D eigenvalue weighted by atomic mass is 10.2. The van der Waals surface area contributed by atoms with Crippen LogP contribution in [0.5, 0.6) is 11.5 Å². The van der Waals surface area contributed by atoms with Crippen molar-refractivity contribution in [2.24, 2.45) is 0 Å². The minimum absolute atomic E-state index is 0.0433. The first kappa shape index (κ1) is 11.0. The van der Waals surface area contributed by atoms with Crippen LogP contribution in [0.4, 0.5) is 5.69 Å². The number of carbonyl (C=O) groups is 1. The highest BCUT2D eigenvalue weighted by Gasteiger charge is 2.19. The third-order valence-corrected chi connectivity index (χ3v) is 2.22. The van der Waals surface area contributed by atoms with E-state index in [0.29, 0.717) is 23.8 Å². The molecule has 16 heavy (non-hydrogen) atoms. The monoisotopic (exact) mass is 283 g/mol. The number of fused-ring (bicyclic) bond motifs is 1. The maximum Gasteiger partial charge on any atom is 0.262 e. The Morgan fingerprint density at radius 2 is 2.44 bits per heavy atom. The smallest absolute Gasteiger partial charge is 0.262 e. The van der Waals surface area contributed by atoms with Crippen molar-refractivity contribution in [1.82, 2.24) is 0 Å². The second kappa shape index (κ2) is 4.57. The predicted octanol–water partition coefficient (Wildman–Crippen LogP) is 2.30. The average Bonchev–Trinajstić information content (AvgIpc) is 2.26. The SMILES string of the molecule is C=C(Br)COc1cccc2c1NC(=O)CO2. The van der Waals surface area contributed by atoms with Crippen molar-refractivity contribution in [3.63, 3.8) is 0 Å². The molecule has 0 radical (unpaired) electrons. The molecule has 2 rings (SSSR count). The van der Waals surface area contributed by atoms with Crippen LogP contribution in [0.15, 0.2) is 29.3 Å². The standard InChI is InChI=1S/C11H10BrNO3/c1-7(12)5-15-8-3-2-4-9-11(8)13-10(14)6-16-9/h2-4H,1,5-6H2,(H,13,14). The third kappa shape index (κ3) is 2.36. The zero-order valence-corrected chi connectivity index (χ0v) is 10.0. The lowest BCUT2D eigenvalue weighted by molar-refractivity contribution is -0.118. The van der Waals surface area contributed by atoms with Gasteiger partial charge in [0.05, 0.1) is 0 Å². The van der Waals surface area contributed by atoms with Crippen molar-refractivity contribution < 1.29 is 14.3 Å². The number of hydrogen-bond acceptors (Lipinski definition) is 3. The molecule has 0 saturated heterocycles. The molecule has 1 amide bonds. The molecule has 1 aromatic carbocycles. The van der Waals surface area contributed by atoms with Gasteiger partial charge in [-0.25, -0.2) is 0 Å². The molecule has 1 aromatic rings. The number of para-hydroxylation sites is 1. The van der Waals surface area contributed by atoms with E-state index in [1.165, 1.54) is 0 Å². The quantitative estimate of drug-likeness (QED) is 0.926. The number of halogens is 1. The highest BCUT2D eigenvalue weighted by molar-refractivity contribution is 9.11. The maximum atomic E-state index is 11.2. The summed E-state index contributed by atoms with van der Waals surface area (Å²) in [6.45, 7) is 4.05. The zero-order chi connectivity index (χ0) is 11.5. The van der Waals surface area contributed by atoms with Gasteiger partial charge in [-0.15, -0.1) is 0 Å². The molecule has 5 heteroatoms. The Balaban J connectivity index is 2.24. The molecular formula is C11H10BrNO3. The molecule has 0 atom stereocenters. The lowest BCUT2D eigenvalue weighted by Gasteiger charge is -2.20. The summed E-state index contributed by atoms with van der Waals surface area (Å²) in [4.78, 5) is 11.2. The summed E-state index contributed by atoms with van der Waals surface area (Å²) in [7, 11) is 0. The number of amides is 1. The lowest BCUT2D eigenvalue weighted by Crippen LogP contribution is -2.25. The first-order valence-electron chi connectivity index (χ1n) is 4.68. The molecule has 1 N–H and O–H groups in total. The summed E-state index contributed by atoms with van der Waals surface area (Å²) >= 11 is 3.20. The fourth-order valence-corrected chi connectivity index (χ4v) is 1.46. The first-order valence-corrected chi connectivity index (χ1v) is 5.48. The van der Waals surface area contributed by atoms with Gasteiger partial charge in [-0.3, -0.25) is 4.79 Å². The minimum atomic E-state index is -0.179. The summed E-state index contributed by atoms with van der Waals surface area (Å²) in [5, 5.41) is 2.72. The van der Waals surface area contributed by atoms with Crippen LogP contribution in [0, 0.1) is 0 Å². The summed E-state index contributed by atoms with van der Waals surface area (Å²) in [6, 6.07) is 5.36. The van der Waals surface area contributed by atoms with Gasteiger partial charge >= 0.3 is 0 Å². The largest absolute Gasteiger partial charge is 0.486 e. The molecule has 1 aliphatic rings. The van der Waals surface area contributed by atoms with E-state index in [9.17, 15) is 4.79 Å². The molecule has 0 aromatic heterocycles. The number of nitrogens with one attached hydrogen (secondary N) is 1. The van der Waals surface area contributed by atoms with Gasteiger partial charge in [-0.1, -0.05) is 28.6 Å². The number of anilines is 1. The molecule has 1 aliphatic heterocycles. The predicted molar refractivity (Wildman–Crippen MR) is 64.1 cm³/mol. The van der Waals surface area contributed by atoms with Crippen molar-refractivity contribution in [3.05, 3.63) is 29.3 Å². The fourth-order valence-electron chi connectivity index (χ4n) is 1.35. The molecule has 0 aliphatic carbocycles. The van der Waals surface area contributed by atoms with E-state index in [0.717, 1.165) is 4.48 Å². The fraction of sp³-hybridized carbons (Fsp3) is 0.182. The first-order chi connectivity index (χ1) is 7.66. The van der Waals surface area contributed by atoms with E-state index in [1.807, 2.05) is 6.07 Å². The summed E-state index contributed by atoms with van der Waals surface area (Å²) in [6.07, 6.45) is 0. The molecule has 0 spiro atoms. The van der Waals surface area contributed by atoms with Crippen LogP contribution in [-0.4, -0.2) is 19.1 Å². The van der Waals surface area contributed by atoms with Crippen LogP contribution in [-0.2, 0) is 4.79 Å². The van der Waals surface area contributed by atoms with Crippen molar-refractivity contribution in [2.75, 3.05) is 18.5 Å². The van der Waals surface area contributed by atoms with Crippen LogP contribution in [0.1, 0.15) is 0 Å². The Kier molecular flexibility index (Phi) is 3.14. The Morgan fingerprint density at radius 1 is 1.62 bits per heavy atom. The van der Waals surface area contributed by atoms with E-state index < -0.39 is 0 Å². The summed E-state index contributed by atoms with van der Waals surface area (Å²) in [5.74, 6) is 1.02. The number of rotatable bonds is 3. The Morgan fingerprint density at radius 3 is 3.19 bits per heavy atom. The van der Waals surface area contributed by atoms with E-state index >= 15 is 0 Å². The number of carbonyl (C=O) groups excluding carboxylic acids is 1. The van der Waals surface area contributed by atoms with Crippen LogP contribution >= 0.6 is 15.9 Å². The van der Waals surface area contributed by atoms with Crippen LogP contribution in [0.3, 0.4) is 0 Å². The van der Waals surface area contributed by atoms with E-state index in [4.69, 9.17) is 9.47 Å². The van der Waals surface area contributed by atoms with Crippen molar-refractivity contribution in [2.45, 2.75) is 0 Å². The number of ether oxygens (including phenoxy) is 2. The highest BCUT2D eigenvalue weighted by atomic mass is 79.9. The van der Waals surface area contributed by atoms with Gasteiger partial charge in [0.2, 0.25) is 0 Å². The van der Waals surface area contributed by atoms with Crippen molar-refractivity contribution >= 4 is 27.5 Å². The number of hydrogen-bond donors (Lipinski definition) is 1. The molecule has 1 heterocycles. The van der Waals surface area contributed by atoms with Gasteiger partial charge in [0.15, 0.2) is 6.61 Å². The highest BCUT2D eigenvalue weighted by Crippen LogP contribution is 2.36. The minimum Gasteiger partial charge on any atom is -0.486 e. The second-order valence-corrected chi connectivity index (χ2v) is 4.39. The summed E-state index contributed by atoms with van der Waals surface area (Å²) in [5.41, 5.74) is 0.576. The Bertz CT molecular complexity index is 445. The van der Waals surface area contributed by atoms with Crippen molar-refractivity contribution in [3.8, 4) is 11.5 Å². The zero-order valence-electron chi connectivity index (χ0n) is 8.46. The Labute approximate surface area is 101 Å². The average molecular weight is 284 g/mol. The van der Waals surface area contributed by atoms with Crippen LogP contribution in [0.25, 0.3) is 0 Å². The van der Waals surface area contributed by atoms with E-state index in [-0.39, 0.29) is 12.5 Å². The number of benzene rings is 1. The van der Waals surface area contributed by atoms with Gasteiger partial charge in [0, 0.05) is 4.48 Å². The van der Waals surface area contributed by atoms with Crippen LogP contribution < -0.4 is 14.8 Å². The van der Waals surface area contributed by atoms with Crippen molar-refractivity contribution in [1.29, 1.82) is 0 Å². The normalized spacial score (nSPS) is 13.4. The van der Waals surface area contributed by atoms with E-state index in [2.05, 4.69) is 27.8 Å². The van der Waals surface area contributed by atoms with Gasteiger partial charge in [0.25, 0.3) is 5.91 Å². The topological polar surface area (TPSA) is 47.6 Å². The van der Waals surface area contributed by atoms with Crippen LogP contribution in [0.2, 0.25) is 0 Å². The molecule has 0 fully saturated rings. The summed E-state index contributed by atoms with van der Waals surface area (Å²) < 4.78 is 11.5. The van der Waals surface area contributed by atoms with Gasteiger partial charge in [0.1, 0.15) is 23.8 Å². The molecule has 0 bridgehead atoms. The van der Waals surface area contributed by atoms with Gasteiger partial charge in [-0.2, -0.15) is 0 Å². The molecule has 0 saturated carbocycles. The molecular weight excluding hydrogens is 274 g/mol. The van der Waals surface area contributed by atoms with E-state index in [1.54, 1.807) is 12.1 Å².